The minimum absolute atomic E-state index is 0.0117. The van der Waals surface area contributed by atoms with E-state index in [1.54, 1.807) is 0 Å². The summed E-state index contributed by atoms with van der Waals surface area (Å²) in [4.78, 5) is 42.4. The topological polar surface area (TPSA) is 79.4 Å². The van der Waals surface area contributed by atoms with Crippen LogP contribution < -0.4 is 5.32 Å². The maximum atomic E-state index is 13.9. The van der Waals surface area contributed by atoms with Gasteiger partial charge in [0.25, 0.3) is 0 Å². The third kappa shape index (κ3) is 3.91. The molecule has 2 aliphatic rings. The molecule has 1 aliphatic carbocycles. The van der Waals surface area contributed by atoms with Crippen LogP contribution in [0.4, 0.5) is 13.9 Å². The molecule has 29 heavy (non-hydrogen) atoms. The Morgan fingerprint density at radius 2 is 1.86 bits per heavy atom. The van der Waals surface area contributed by atoms with E-state index >= 15 is 0 Å². The maximum Gasteiger partial charge on any atom is 0.233 e. The van der Waals surface area contributed by atoms with Gasteiger partial charge in [0.2, 0.25) is 17.7 Å². The van der Waals surface area contributed by atoms with Gasteiger partial charge in [-0.1, -0.05) is 12.8 Å². The Kier molecular flexibility index (Phi) is 5.40. The molecular weight excluding hydrogens is 400 g/mol. The van der Waals surface area contributed by atoms with Crippen LogP contribution in [-0.2, 0) is 14.4 Å². The highest BCUT2D eigenvalue weighted by atomic mass is 32.1. The van der Waals surface area contributed by atoms with E-state index in [0.29, 0.717) is 0 Å². The number of likely N-dealkylation sites (tertiary alicyclic amines) is 1. The van der Waals surface area contributed by atoms with Gasteiger partial charge in [-0.15, -0.1) is 11.3 Å². The number of thiazole rings is 1. The van der Waals surface area contributed by atoms with Crippen LogP contribution in [0, 0.1) is 23.5 Å². The number of fused-ring (bicyclic) bond motifs is 1. The van der Waals surface area contributed by atoms with Crippen molar-refractivity contribution in [1.82, 2.24) is 9.88 Å². The fraction of sp³-hybridized carbons (Fsp3) is 0.400. The first kappa shape index (κ1) is 19.6. The van der Waals surface area contributed by atoms with Crippen molar-refractivity contribution in [1.29, 1.82) is 0 Å². The van der Waals surface area contributed by atoms with E-state index in [1.807, 2.05) is 0 Å². The predicted octanol–water partition coefficient (Wildman–Crippen LogP) is 3.59. The predicted molar refractivity (Wildman–Crippen MR) is 103 cm³/mol. The van der Waals surface area contributed by atoms with Crippen molar-refractivity contribution in [2.75, 3.05) is 11.9 Å². The minimum Gasteiger partial charge on any atom is -0.302 e. The molecule has 0 bridgehead atoms. The van der Waals surface area contributed by atoms with Gasteiger partial charge in [0, 0.05) is 23.9 Å². The molecule has 0 radical (unpaired) electrons. The number of carbonyl (C=O) groups is 3. The summed E-state index contributed by atoms with van der Waals surface area (Å²) >= 11 is 1.08. The van der Waals surface area contributed by atoms with Crippen molar-refractivity contribution >= 4 is 34.2 Å². The van der Waals surface area contributed by atoms with E-state index < -0.39 is 17.5 Å². The van der Waals surface area contributed by atoms with Crippen LogP contribution in [0.2, 0.25) is 0 Å². The Morgan fingerprint density at radius 1 is 1.17 bits per heavy atom. The highest BCUT2D eigenvalue weighted by molar-refractivity contribution is 7.14. The van der Waals surface area contributed by atoms with Crippen LogP contribution in [-0.4, -0.2) is 34.2 Å². The molecule has 1 aliphatic heterocycles. The number of nitrogens with one attached hydrogen (secondary N) is 1. The van der Waals surface area contributed by atoms with Gasteiger partial charge in [0.15, 0.2) is 5.13 Å². The Bertz CT molecular complexity index is 954. The molecule has 2 fully saturated rings. The Balaban J connectivity index is 1.36. The second-order valence-electron chi connectivity index (χ2n) is 7.29. The van der Waals surface area contributed by atoms with Crippen molar-refractivity contribution in [3.8, 4) is 11.3 Å². The lowest BCUT2D eigenvalue weighted by Crippen LogP contribution is -2.34. The molecule has 0 spiro atoms. The summed E-state index contributed by atoms with van der Waals surface area (Å²) in [6.07, 6.45) is 3.33. The second-order valence-corrected chi connectivity index (χ2v) is 8.14. The number of amides is 3. The van der Waals surface area contributed by atoms with E-state index in [9.17, 15) is 23.2 Å². The average molecular weight is 419 g/mol. The molecule has 2 heterocycles. The van der Waals surface area contributed by atoms with Crippen molar-refractivity contribution in [2.24, 2.45) is 11.8 Å². The quantitative estimate of drug-likeness (QED) is 0.752. The zero-order chi connectivity index (χ0) is 20.5. The van der Waals surface area contributed by atoms with E-state index in [2.05, 4.69) is 10.3 Å². The highest BCUT2D eigenvalue weighted by Gasteiger charge is 2.47. The van der Waals surface area contributed by atoms with Gasteiger partial charge < -0.3 is 5.32 Å². The lowest BCUT2D eigenvalue weighted by molar-refractivity contribution is -0.140. The summed E-state index contributed by atoms with van der Waals surface area (Å²) in [5, 5.41) is 4.34. The molecule has 2 atom stereocenters. The maximum absolute atomic E-state index is 13.9. The van der Waals surface area contributed by atoms with E-state index in [4.69, 9.17) is 0 Å². The number of anilines is 1. The van der Waals surface area contributed by atoms with Crippen molar-refractivity contribution in [3.63, 3.8) is 0 Å². The van der Waals surface area contributed by atoms with Gasteiger partial charge in [-0.3, -0.25) is 19.3 Å². The third-order valence-corrected chi connectivity index (χ3v) is 6.21. The fourth-order valence-electron chi connectivity index (χ4n) is 4.00. The summed E-state index contributed by atoms with van der Waals surface area (Å²) in [5.74, 6) is -2.41. The Morgan fingerprint density at radius 3 is 2.55 bits per heavy atom. The van der Waals surface area contributed by atoms with Crippen LogP contribution in [0.15, 0.2) is 23.6 Å². The van der Waals surface area contributed by atoms with Crippen LogP contribution in [0.5, 0.6) is 0 Å². The standard InChI is InChI=1S/C20H19F2N3O3S/c21-11-5-6-15(22)14(9-11)16-10-29-20(23-16)24-17(26)7-8-25-18(27)12-3-1-2-4-13(12)19(25)28/h5-6,9-10,12-13H,1-4,7-8H2,(H,23,24,26)/t12-,13+. The molecule has 6 nitrogen and oxygen atoms in total. The Hall–Kier alpha value is -2.68. The first-order valence-corrected chi connectivity index (χ1v) is 10.4. The minimum atomic E-state index is -0.609. The van der Waals surface area contributed by atoms with Crippen LogP contribution in [0.1, 0.15) is 32.1 Å². The van der Waals surface area contributed by atoms with Gasteiger partial charge in [-0.05, 0) is 31.0 Å². The van der Waals surface area contributed by atoms with E-state index in [1.165, 1.54) is 10.3 Å². The van der Waals surface area contributed by atoms with Gasteiger partial charge in [0.05, 0.1) is 17.5 Å². The SMILES string of the molecule is O=C(CCN1C(=O)[C@H]2CCCC[C@H]2C1=O)Nc1nc(-c2cc(F)ccc2F)cs1. The first-order valence-electron chi connectivity index (χ1n) is 9.50. The van der Waals surface area contributed by atoms with Crippen LogP contribution >= 0.6 is 11.3 Å². The number of aromatic nitrogens is 1. The first-order chi connectivity index (χ1) is 13.9. The number of hydrogen-bond acceptors (Lipinski definition) is 5. The normalized spacial score (nSPS) is 21.4. The van der Waals surface area contributed by atoms with E-state index in [0.717, 1.165) is 55.2 Å². The number of carbonyl (C=O) groups excluding carboxylic acids is 3. The molecule has 4 rings (SSSR count). The lowest BCUT2D eigenvalue weighted by atomic mass is 9.81. The van der Waals surface area contributed by atoms with Gasteiger partial charge in [-0.25, -0.2) is 13.8 Å². The molecule has 1 N–H and O–H groups in total. The zero-order valence-electron chi connectivity index (χ0n) is 15.5. The molecule has 9 heteroatoms. The third-order valence-electron chi connectivity index (χ3n) is 5.45. The summed E-state index contributed by atoms with van der Waals surface area (Å²) in [7, 11) is 0. The van der Waals surface area contributed by atoms with Crippen molar-refractivity contribution in [2.45, 2.75) is 32.1 Å². The van der Waals surface area contributed by atoms with Crippen molar-refractivity contribution in [3.05, 3.63) is 35.2 Å². The molecule has 0 unspecified atom stereocenters. The van der Waals surface area contributed by atoms with Gasteiger partial charge in [-0.2, -0.15) is 0 Å². The second kappa shape index (κ2) is 7.98. The summed E-state index contributed by atoms with van der Waals surface area (Å²) < 4.78 is 27.2. The molecule has 3 amide bonds. The summed E-state index contributed by atoms with van der Waals surface area (Å²) in [6, 6.07) is 3.08. The molecule has 1 saturated heterocycles. The van der Waals surface area contributed by atoms with Crippen LogP contribution in [0.3, 0.4) is 0 Å². The Labute approximate surface area is 169 Å². The highest BCUT2D eigenvalue weighted by Crippen LogP contribution is 2.38. The fourth-order valence-corrected chi connectivity index (χ4v) is 4.72. The molecule has 2 aromatic rings. The number of rotatable bonds is 5. The molecule has 1 aromatic carbocycles. The van der Waals surface area contributed by atoms with Crippen LogP contribution in [0.25, 0.3) is 11.3 Å². The zero-order valence-corrected chi connectivity index (χ0v) is 16.3. The number of hydrogen-bond donors (Lipinski definition) is 1. The smallest absolute Gasteiger partial charge is 0.233 e. The number of nitrogens with zero attached hydrogens (tertiary/aromatic N) is 2. The molecule has 1 aromatic heterocycles. The summed E-state index contributed by atoms with van der Waals surface area (Å²) in [6.45, 7) is 0.0350. The number of imide groups is 1. The molecular formula is C20H19F2N3O3S. The number of benzene rings is 1. The van der Waals surface area contributed by atoms with Crippen molar-refractivity contribution < 1.29 is 23.2 Å². The largest absolute Gasteiger partial charge is 0.302 e. The number of halogens is 2. The molecule has 152 valence electrons. The lowest BCUT2D eigenvalue weighted by Gasteiger charge is -2.19. The molecule has 1 saturated carbocycles. The van der Waals surface area contributed by atoms with E-state index in [-0.39, 0.29) is 53.0 Å². The monoisotopic (exact) mass is 419 g/mol. The summed E-state index contributed by atoms with van der Waals surface area (Å²) in [5.41, 5.74) is 0.230. The average Bonchev–Trinajstić information content (AvgIpc) is 3.26. The van der Waals surface area contributed by atoms with Gasteiger partial charge in [0.1, 0.15) is 11.6 Å². The van der Waals surface area contributed by atoms with Gasteiger partial charge >= 0.3 is 0 Å².